The maximum atomic E-state index is 6.08. The molecule has 0 amide bonds. The van der Waals surface area contributed by atoms with E-state index in [1.165, 1.54) is 0 Å². The van der Waals surface area contributed by atoms with Gasteiger partial charge in [0, 0.05) is 22.2 Å². The number of anilines is 1. The zero-order valence-corrected chi connectivity index (χ0v) is 10.2. The van der Waals surface area contributed by atoms with Crippen molar-refractivity contribution >= 4 is 29.2 Å². The first-order valence-electron chi connectivity index (χ1n) is 4.81. The molecule has 0 unspecified atom stereocenters. The lowest BCUT2D eigenvalue weighted by molar-refractivity contribution is 1.08. The van der Waals surface area contributed by atoms with Gasteiger partial charge in [0.05, 0.1) is 5.69 Å². The van der Waals surface area contributed by atoms with Gasteiger partial charge in [0.25, 0.3) is 0 Å². The molecule has 2 aromatic rings. The van der Waals surface area contributed by atoms with E-state index in [4.69, 9.17) is 28.9 Å². The molecular formula is C11H11Cl2N3. The van der Waals surface area contributed by atoms with E-state index < -0.39 is 0 Å². The largest absolute Gasteiger partial charge is 0.369 e. The van der Waals surface area contributed by atoms with Crippen LogP contribution in [0.1, 0.15) is 17.0 Å². The topological polar surface area (TPSA) is 54.7 Å². The third kappa shape index (κ3) is 2.31. The number of aromatic amines is 1. The third-order valence-corrected chi connectivity index (χ3v) is 2.97. The van der Waals surface area contributed by atoms with Crippen LogP contribution in [0, 0.1) is 6.92 Å². The smallest absolute Gasteiger partial charge is 0.197 e. The first kappa shape index (κ1) is 11.3. The third-order valence-electron chi connectivity index (χ3n) is 2.37. The van der Waals surface area contributed by atoms with Crippen molar-refractivity contribution in [1.29, 1.82) is 0 Å². The molecule has 0 fully saturated rings. The number of hydrogen-bond donors (Lipinski definition) is 2. The quantitative estimate of drug-likeness (QED) is 0.866. The van der Waals surface area contributed by atoms with E-state index in [0.29, 0.717) is 22.4 Å². The minimum absolute atomic E-state index is 0.422. The van der Waals surface area contributed by atoms with Gasteiger partial charge in [0.1, 0.15) is 0 Å². The number of H-pyrrole nitrogens is 1. The van der Waals surface area contributed by atoms with Gasteiger partial charge in [-0.2, -0.15) is 0 Å². The van der Waals surface area contributed by atoms with Crippen LogP contribution in [-0.2, 0) is 6.42 Å². The summed E-state index contributed by atoms with van der Waals surface area (Å²) in [6.07, 6.45) is 0.624. The standard InChI is InChI=1S/C11H11Cl2N3/c1-6-10(16-11(14)15-6)5-7-4-8(12)2-3-9(7)13/h2-4H,5H2,1H3,(H3,14,15,16). The van der Waals surface area contributed by atoms with Gasteiger partial charge in [0.15, 0.2) is 5.95 Å². The summed E-state index contributed by atoms with van der Waals surface area (Å²) in [6.45, 7) is 1.93. The highest BCUT2D eigenvalue weighted by Crippen LogP contribution is 2.23. The Hall–Kier alpha value is -1.19. The van der Waals surface area contributed by atoms with Gasteiger partial charge in [-0.3, -0.25) is 0 Å². The molecule has 0 bridgehead atoms. The summed E-state index contributed by atoms with van der Waals surface area (Å²) in [7, 11) is 0. The molecule has 0 spiro atoms. The lowest BCUT2D eigenvalue weighted by Crippen LogP contribution is -1.93. The number of nitrogens with one attached hydrogen (secondary N) is 1. The zero-order chi connectivity index (χ0) is 11.7. The lowest BCUT2D eigenvalue weighted by atomic mass is 10.1. The Balaban J connectivity index is 2.33. The van der Waals surface area contributed by atoms with Crippen LogP contribution in [0.5, 0.6) is 0 Å². The summed E-state index contributed by atoms with van der Waals surface area (Å²) >= 11 is 12.0. The normalized spacial score (nSPS) is 10.7. The summed E-state index contributed by atoms with van der Waals surface area (Å²) in [4.78, 5) is 7.15. The van der Waals surface area contributed by atoms with Crippen molar-refractivity contribution in [1.82, 2.24) is 9.97 Å². The van der Waals surface area contributed by atoms with E-state index in [0.717, 1.165) is 17.0 Å². The molecule has 0 aliphatic heterocycles. The highest BCUT2D eigenvalue weighted by atomic mass is 35.5. The SMILES string of the molecule is Cc1[nH]c(N)nc1Cc1cc(Cl)ccc1Cl. The number of rotatable bonds is 2. The lowest BCUT2D eigenvalue weighted by Gasteiger charge is -2.03. The Bertz CT molecular complexity index is 520. The van der Waals surface area contributed by atoms with Gasteiger partial charge in [-0.1, -0.05) is 23.2 Å². The number of benzene rings is 1. The van der Waals surface area contributed by atoms with Crippen molar-refractivity contribution in [2.24, 2.45) is 0 Å². The maximum absolute atomic E-state index is 6.08. The van der Waals surface area contributed by atoms with Gasteiger partial charge in [-0.15, -0.1) is 0 Å². The van der Waals surface area contributed by atoms with Crippen LogP contribution in [0.3, 0.4) is 0 Å². The number of aromatic nitrogens is 2. The van der Waals surface area contributed by atoms with Crippen LogP contribution in [0.25, 0.3) is 0 Å². The van der Waals surface area contributed by atoms with E-state index >= 15 is 0 Å². The van der Waals surface area contributed by atoms with Crippen molar-refractivity contribution in [3.63, 3.8) is 0 Å². The number of nitrogen functional groups attached to an aromatic ring is 1. The second-order valence-electron chi connectivity index (χ2n) is 3.61. The average Bonchev–Trinajstić information content (AvgIpc) is 2.51. The van der Waals surface area contributed by atoms with Gasteiger partial charge < -0.3 is 10.7 Å². The van der Waals surface area contributed by atoms with Crippen molar-refractivity contribution in [3.8, 4) is 0 Å². The summed E-state index contributed by atoms with van der Waals surface area (Å²) in [5, 5.41) is 1.35. The molecule has 0 saturated carbocycles. The number of halogens is 2. The Kier molecular flexibility index (Phi) is 3.08. The summed E-state index contributed by atoms with van der Waals surface area (Å²) in [5.74, 6) is 0.422. The van der Waals surface area contributed by atoms with Crippen molar-refractivity contribution in [3.05, 3.63) is 45.2 Å². The Morgan fingerprint density at radius 3 is 2.75 bits per heavy atom. The Morgan fingerprint density at radius 2 is 2.12 bits per heavy atom. The molecule has 0 saturated heterocycles. The van der Waals surface area contributed by atoms with Crippen molar-refractivity contribution in [2.45, 2.75) is 13.3 Å². The minimum atomic E-state index is 0.422. The van der Waals surface area contributed by atoms with Crippen LogP contribution in [-0.4, -0.2) is 9.97 Å². The van der Waals surface area contributed by atoms with Crippen LogP contribution < -0.4 is 5.73 Å². The molecule has 3 N–H and O–H groups in total. The van der Waals surface area contributed by atoms with Crippen LogP contribution in [0.15, 0.2) is 18.2 Å². The van der Waals surface area contributed by atoms with E-state index in [2.05, 4.69) is 9.97 Å². The molecule has 0 atom stereocenters. The molecule has 0 aliphatic rings. The summed E-state index contributed by atoms with van der Waals surface area (Å²) < 4.78 is 0. The predicted molar refractivity (Wildman–Crippen MR) is 67.0 cm³/mol. The summed E-state index contributed by atoms with van der Waals surface area (Å²) in [6, 6.07) is 5.39. The molecule has 16 heavy (non-hydrogen) atoms. The molecule has 84 valence electrons. The second-order valence-corrected chi connectivity index (χ2v) is 4.45. The first-order valence-corrected chi connectivity index (χ1v) is 5.56. The van der Waals surface area contributed by atoms with E-state index in [-0.39, 0.29) is 0 Å². The molecular weight excluding hydrogens is 245 g/mol. The number of aryl methyl sites for hydroxylation is 1. The van der Waals surface area contributed by atoms with Gasteiger partial charge in [-0.05, 0) is 30.7 Å². The fourth-order valence-corrected chi connectivity index (χ4v) is 1.93. The first-order chi connectivity index (χ1) is 7.56. The monoisotopic (exact) mass is 255 g/mol. The van der Waals surface area contributed by atoms with Gasteiger partial charge in [0.2, 0.25) is 0 Å². The van der Waals surface area contributed by atoms with Gasteiger partial charge >= 0.3 is 0 Å². The molecule has 1 aromatic carbocycles. The maximum Gasteiger partial charge on any atom is 0.197 e. The molecule has 3 nitrogen and oxygen atoms in total. The van der Waals surface area contributed by atoms with Crippen LogP contribution in [0.2, 0.25) is 10.0 Å². The highest BCUT2D eigenvalue weighted by molar-refractivity contribution is 6.33. The molecule has 0 aliphatic carbocycles. The van der Waals surface area contributed by atoms with E-state index in [1.54, 1.807) is 12.1 Å². The number of hydrogen-bond acceptors (Lipinski definition) is 2. The van der Waals surface area contributed by atoms with Crippen LogP contribution in [0.4, 0.5) is 5.95 Å². The molecule has 5 heteroatoms. The highest BCUT2D eigenvalue weighted by Gasteiger charge is 2.08. The number of nitrogens with zero attached hydrogens (tertiary/aromatic N) is 1. The van der Waals surface area contributed by atoms with Crippen molar-refractivity contribution in [2.75, 3.05) is 5.73 Å². The van der Waals surface area contributed by atoms with Crippen LogP contribution >= 0.6 is 23.2 Å². The average molecular weight is 256 g/mol. The number of nitrogens with two attached hydrogens (primary N) is 1. The fraction of sp³-hybridized carbons (Fsp3) is 0.182. The van der Waals surface area contributed by atoms with E-state index in [9.17, 15) is 0 Å². The zero-order valence-electron chi connectivity index (χ0n) is 8.72. The Labute approximate surface area is 104 Å². The predicted octanol–water partition coefficient (Wildman–Crippen LogP) is 3.20. The second kappa shape index (κ2) is 4.36. The molecule has 2 rings (SSSR count). The Morgan fingerprint density at radius 1 is 1.38 bits per heavy atom. The minimum Gasteiger partial charge on any atom is -0.369 e. The van der Waals surface area contributed by atoms with Gasteiger partial charge in [-0.25, -0.2) is 4.98 Å². The summed E-state index contributed by atoms with van der Waals surface area (Å²) in [5.41, 5.74) is 8.37. The molecule has 0 radical (unpaired) electrons. The fourth-order valence-electron chi connectivity index (χ4n) is 1.55. The van der Waals surface area contributed by atoms with Crippen molar-refractivity contribution < 1.29 is 0 Å². The van der Waals surface area contributed by atoms with E-state index in [1.807, 2.05) is 13.0 Å². The molecule has 1 heterocycles. The number of imidazole rings is 1. The molecule has 1 aromatic heterocycles.